The van der Waals surface area contributed by atoms with Gasteiger partial charge in [0.15, 0.2) is 0 Å². The Labute approximate surface area is 183 Å². The van der Waals surface area contributed by atoms with Gasteiger partial charge in [-0.2, -0.15) is 0 Å². The lowest BCUT2D eigenvalue weighted by Crippen LogP contribution is -2.30. The fourth-order valence-corrected chi connectivity index (χ4v) is 4.65. The number of carbonyl (C=O) groups excluding carboxylic acids is 1. The third-order valence-corrected chi connectivity index (χ3v) is 7.35. The van der Waals surface area contributed by atoms with Crippen LogP contribution in [0.4, 0.5) is 0 Å². The zero-order valence-corrected chi connectivity index (χ0v) is 18.8. The van der Waals surface area contributed by atoms with Crippen molar-refractivity contribution in [1.29, 1.82) is 0 Å². The van der Waals surface area contributed by atoms with Gasteiger partial charge in [-0.3, -0.25) is 4.79 Å². The molecule has 2 unspecified atom stereocenters. The summed E-state index contributed by atoms with van der Waals surface area (Å²) in [7, 11) is -0.920. The van der Waals surface area contributed by atoms with Crippen LogP contribution >= 0.6 is 0 Å². The summed E-state index contributed by atoms with van der Waals surface area (Å²) in [5.74, 6) is 3.12. The van der Waals surface area contributed by atoms with E-state index in [1.807, 2.05) is 17.0 Å². The molecule has 166 valence electrons. The second-order valence-electron chi connectivity index (χ2n) is 8.27. The third kappa shape index (κ3) is 4.85. The largest absolute Gasteiger partial charge is 0.495 e. The van der Waals surface area contributed by atoms with E-state index in [9.17, 15) is 13.2 Å². The molecule has 2 atom stereocenters. The van der Waals surface area contributed by atoms with Crippen molar-refractivity contribution in [2.24, 2.45) is 5.92 Å². The number of sulfonamides is 1. The van der Waals surface area contributed by atoms with Gasteiger partial charge in [-0.25, -0.2) is 13.1 Å². The maximum absolute atomic E-state index is 12.9. The molecular formula is C23H28N2O5S. The molecule has 2 fully saturated rings. The molecule has 1 aromatic heterocycles. The minimum atomic E-state index is -3.68. The first-order valence-corrected chi connectivity index (χ1v) is 12.0. The van der Waals surface area contributed by atoms with Crippen molar-refractivity contribution in [2.45, 2.75) is 49.6 Å². The van der Waals surface area contributed by atoms with Crippen molar-refractivity contribution in [3.8, 4) is 5.75 Å². The van der Waals surface area contributed by atoms with E-state index in [0.717, 1.165) is 30.8 Å². The summed E-state index contributed by atoms with van der Waals surface area (Å²) in [5.41, 5.74) is 0.599. The topological polar surface area (TPSA) is 88.9 Å². The van der Waals surface area contributed by atoms with Gasteiger partial charge in [0.1, 0.15) is 22.2 Å². The van der Waals surface area contributed by atoms with Gasteiger partial charge in [-0.1, -0.05) is 13.0 Å². The predicted octanol–water partition coefficient (Wildman–Crippen LogP) is 3.52. The third-order valence-electron chi connectivity index (χ3n) is 5.92. The van der Waals surface area contributed by atoms with Crippen LogP contribution < -0.4 is 9.46 Å². The highest BCUT2D eigenvalue weighted by atomic mass is 32.2. The van der Waals surface area contributed by atoms with E-state index < -0.39 is 10.0 Å². The van der Waals surface area contributed by atoms with Crippen LogP contribution in [0, 0.1) is 5.92 Å². The molecule has 0 spiro atoms. The highest BCUT2D eigenvalue weighted by Crippen LogP contribution is 2.47. The number of carbonyl (C=O) groups is 1. The Balaban J connectivity index is 1.49. The van der Waals surface area contributed by atoms with Gasteiger partial charge in [-0.05, 0) is 68.1 Å². The molecule has 1 N–H and O–H groups in total. The zero-order chi connectivity index (χ0) is 22.2. The van der Waals surface area contributed by atoms with Crippen LogP contribution in [0.3, 0.4) is 0 Å². The summed E-state index contributed by atoms with van der Waals surface area (Å²) < 4.78 is 37.9. The van der Waals surface area contributed by atoms with E-state index in [2.05, 4.69) is 11.6 Å². The molecule has 1 amide bonds. The molecule has 2 aliphatic rings. The normalized spacial score (nSPS) is 20.7. The summed E-state index contributed by atoms with van der Waals surface area (Å²) in [5, 5.41) is 0. The molecule has 7 nitrogen and oxygen atoms in total. The van der Waals surface area contributed by atoms with Gasteiger partial charge in [0.25, 0.3) is 0 Å². The molecule has 2 aliphatic carbocycles. The summed E-state index contributed by atoms with van der Waals surface area (Å²) in [4.78, 5) is 14.8. The first kappa shape index (κ1) is 21.6. The van der Waals surface area contributed by atoms with Crippen molar-refractivity contribution < 1.29 is 22.4 Å². The molecule has 2 aromatic rings. The molecule has 8 heteroatoms. The average Bonchev–Trinajstić information content (AvgIpc) is 3.69. The number of hydrogen-bond donors (Lipinski definition) is 1. The number of rotatable bonds is 9. The molecule has 4 rings (SSSR count). The molecule has 31 heavy (non-hydrogen) atoms. The van der Waals surface area contributed by atoms with Crippen LogP contribution in [0.15, 0.2) is 45.7 Å². The number of methoxy groups -OCH3 is 1. The van der Waals surface area contributed by atoms with E-state index in [1.165, 1.54) is 26.3 Å². The van der Waals surface area contributed by atoms with Gasteiger partial charge >= 0.3 is 0 Å². The average molecular weight is 445 g/mol. The van der Waals surface area contributed by atoms with E-state index >= 15 is 0 Å². The number of nitrogens with one attached hydrogen (secondary N) is 1. The van der Waals surface area contributed by atoms with Crippen molar-refractivity contribution in [2.75, 3.05) is 14.2 Å². The summed E-state index contributed by atoms with van der Waals surface area (Å²) in [6.07, 6.45) is 6.25. The summed E-state index contributed by atoms with van der Waals surface area (Å²) in [6.45, 7) is 2.65. The van der Waals surface area contributed by atoms with Crippen molar-refractivity contribution in [3.63, 3.8) is 0 Å². The van der Waals surface area contributed by atoms with Crippen molar-refractivity contribution in [3.05, 3.63) is 53.5 Å². The highest BCUT2D eigenvalue weighted by Gasteiger charge is 2.37. The summed E-state index contributed by atoms with van der Waals surface area (Å²) in [6, 6.07) is 9.00. The van der Waals surface area contributed by atoms with Crippen molar-refractivity contribution in [1.82, 2.24) is 9.62 Å². The maximum atomic E-state index is 12.9. The van der Waals surface area contributed by atoms with Gasteiger partial charge in [-0.15, -0.1) is 0 Å². The van der Waals surface area contributed by atoms with Crippen LogP contribution in [0.2, 0.25) is 0 Å². The van der Waals surface area contributed by atoms with Gasteiger partial charge in [0.2, 0.25) is 15.9 Å². The maximum Gasteiger partial charge on any atom is 0.247 e. The van der Waals surface area contributed by atoms with E-state index in [1.54, 1.807) is 18.2 Å². The Morgan fingerprint density at radius 1 is 1.29 bits per heavy atom. The molecule has 0 aliphatic heterocycles. The molecule has 0 saturated heterocycles. The predicted molar refractivity (Wildman–Crippen MR) is 117 cm³/mol. The van der Waals surface area contributed by atoms with E-state index in [0.29, 0.717) is 23.9 Å². The minimum absolute atomic E-state index is 0.0311. The Hall–Kier alpha value is -2.58. The SMILES string of the molecule is CNS(=O)(=O)c1cc(/C=C/C(=O)N(Cc2ccc(C3CC3C)o2)C2CC2)ccc1OC. The number of benzene rings is 1. The summed E-state index contributed by atoms with van der Waals surface area (Å²) >= 11 is 0. The van der Waals surface area contributed by atoms with Crippen LogP contribution in [0.1, 0.15) is 49.2 Å². The first-order chi connectivity index (χ1) is 14.8. The second kappa shape index (κ2) is 8.51. The van der Waals surface area contributed by atoms with E-state index in [4.69, 9.17) is 9.15 Å². The molecule has 2 saturated carbocycles. The lowest BCUT2D eigenvalue weighted by molar-refractivity contribution is -0.127. The Morgan fingerprint density at radius 3 is 2.65 bits per heavy atom. The minimum Gasteiger partial charge on any atom is -0.495 e. The molecule has 1 aromatic carbocycles. The van der Waals surface area contributed by atoms with Crippen molar-refractivity contribution >= 4 is 22.0 Å². The zero-order valence-electron chi connectivity index (χ0n) is 18.0. The Bertz CT molecular complexity index is 1100. The van der Waals surface area contributed by atoms with Gasteiger partial charge < -0.3 is 14.1 Å². The lowest BCUT2D eigenvalue weighted by Gasteiger charge is -2.19. The second-order valence-corrected chi connectivity index (χ2v) is 10.1. The van der Waals surface area contributed by atoms with Gasteiger partial charge in [0, 0.05) is 18.0 Å². The number of furan rings is 1. The monoisotopic (exact) mass is 444 g/mol. The first-order valence-electron chi connectivity index (χ1n) is 10.5. The highest BCUT2D eigenvalue weighted by molar-refractivity contribution is 7.89. The van der Waals surface area contributed by atoms with E-state index in [-0.39, 0.29) is 22.6 Å². The van der Waals surface area contributed by atoms with Crippen LogP contribution in [0.5, 0.6) is 5.75 Å². The van der Waals surface area contributed by atoms with Gasteiger partial charge in [0.05, 0.1) is 13.7 Å². The van der Waals surface area contributed by atoms with Crippen LogP contribution in [0.25, 0.3) is 6.08 Å². The standard InChI is InChI=1S/C23H28N2O5S/c1-15-12-19(15)20-10-8-18(30-20)14-25(17-6-7-17)23(26)11-5-16-4-9-21(29-3)22(13-16)31(27,28)24-2/h4-5,8-11,13,15,17,19,24H,6-7,12,14H2,1-3H3/b11-5+. The fraction of sp³-hybridized carbons (Fsp3) is 0.435. The lowest BCUT2D eigenvalue weighted by atomic mass is 10.2. The molecule has 0 radical (unpaired) electrons. The number of ether oxygens (including phenoxy) is 1. The van der Waals surface area contributed by atoms with Crippen LogP contribution in [-0.2, 0) is 21.4 Å². The smallest absolute Gasteiger partial charge is 0.247 e. The molecule has 1 heterocycles. The Morgan fingerprint density at radius 2 is 2.03 bits per heavy atom. The number of hydrogen-bond acceptors (Lipinski definition) is 5. The molecular weight excluding hydrogens is 416 g/mol. The molecule has 0 bridgehead atoms. The Kier molecular flexibility index (Phi) is 5.94. The van der Waals surface area contributed by atoms with Crippen LogP contribution in [-0.4, -0.2) is 39.4 Å². The number of amides is 1. The number of nitrogens with zero attached hydrogens (tertiary/aromatic N) is 1. The quantitative estimate of drug-likeness (QED) is 0.598. The fourth-order valence-electron chi connectivity index (χ4n) is 3.72.